The van der Waals surface area contributed by atoms with Gasteiger partial charge >= 0.3 is 0 Å². The van der Waals surface area contributed by atoms with Crippen LogP contribution in [0.5, 0.6) is 0 Å². The van der Waals surface area contributed by atoms with Crippen LogP contribution in [0, 0.1) is 6.92 Å². The SMILES string of the molecule is CON(C)C(=O)c1c(C)ccnc1Cl. The Kier molecular flexibility index (Phi) is 3.43. The zero-order chi connectivity index (χ0) is 10.7. The van der Waals surface area contributed by atoms with Gasteiger partial charge in [0.15, 0.2) is 0 Å². The maximum absolute atomic E-state index is 11.7. The quantitative estimate of drug-likeness (QED) is 0.556. The van der Waals surface area contributed by atoms with Crippen molar-refractivity contribution in [2.75, 3.05) is 14.2 Å². The number of carbonyl (C=O) groups excluding carboxylic acids is 1. The second kappa shape index (κ2) is 4.39. The van der Waals surface area contributed by atoms with Crippen molar-refractivity contribution in [2.24, 2.45) is 0 Å². The number of rotatable bonds is 2. The monoisotopic (exact) mass is 214 g/mol. The average molecular weight is 215 g/mol. The number of hydroxylamine groups is 2. The lowest BCUT2D eigenvalue weighted by Crippen LogP contribution is -2.26. The smallest absolute Gasteiger partial charge is 0.274 e. The van der Waals surface area contributed by atoms with E-state index in [0.717, 1.165) is 10.6 Å². The van der Waals surface area contributed by atoms with Gasteiger partial charge in [0.05, 0.1) is 12.7 Å². The second-order valence-electron chi connectivity index (χ2n) is 2.78. The number of pyridine rings is 1. The van der Waals surface area contributed by atoms with Gasteiger partial charge < -0.3 is 0 Å². The van der Waals surface area contributed by atoms with E-state index in [0.29, 0.717) is 5.56 Å². The van der Waals surface area contributed by atoms with Crippen LogP contribution < -0.4 is 0 Å². The summed E-state index contributed by atoms with van der Waals surface area (Å²) in [5, 5.41) is 1.30. The Morgan fingerprint density at radius 2 is 2.29 bits per heavy atom. The predicted octanol–water partition coefficient (Wildman–Crippen LogP) is 1.68. The Labute approximate surface area is 87.4 Å². The molecule has 1 aromatic heterocycles. The molecule has 1 aromatic rings. The van der Waals surface area contributed by atoms with Crippen molar-refractivity contribution in [3.05, 3.63) is 28.5 Å². The van der Waals surface area contributed by atoms with E-state index in [-0.39, 0.29) is 11.1 Å². The van der Waals surface area contributed by atoms with Crippen LogP contribution in [0.15, 0.2) is 12.3 Å². The maximum atomic E-state index is 11.7. The lowest BCUT2D eigenvalue weighted by molar-refractivity contribution is -0.0757. The van der Waals surface area contributed by atoms with E-state index >= 15 is 0 Å². The molecular weight excluding hydrogens is 204 g/mol. The minimum atomic E-state index is -0.303. The number of halogens is 1. The summed E-state index contributed by atoms with van der Waals surface area (Å²) in [5.41, 5.74) is 1.15. The van der Waals surface area contributed by atoms with Crippen LogP contribution in [0.25, 0.3) is 0 Å². The van der Waals surface area contributed by atoms with E-state index in [1.165, 1.54) is 14.2 Å². The van der Waals surface area contributed by atoms with Gasteiger partial charge in [0.25, 0.3) is 5.91 Å². The first-order valence-electron chi connectivity index (χ1n) is 4.01. The molecule has 0 unspecified atom stereocenters. The number of hydrogen-bond donors (Lipinski definition) is 0. The van der Waals surface area contributed by atoms with E-state index < -0.39 is 0 Å². The van der Waals surface area contributed by atoms with E-state index in [1.54, 1.807) is 19.2 Å². The summed E-state index contributed by atoms with van der Waals surface area (Å²) < 4.78 is 0. The van der Waals surface area contributed by atoms with Gasteiger partial charge in [-0.25, -0.2) is 10.0 Å². The van der Waals surface area contributed by atoms with E-state index in [1.807, 2.05) is 0 Å². The number of aromatic nitrogens is 1. The first-order chi connectivity index (χ1) is 6.57. The Bertz CT molecular complexity index is 334. The molecule has 0 N–H and O–H groups in total. The summed E-state index contributed by atoms with van der Waals surface area (Å²) >= 11 is 5.81. The fraction of sp³-hybridized carbons (Fsp3) is 0.333. The Balaban J connectivity index is 3.12. The summed E-state index contributed by atoms with van der Waals surface area (Å²) in [6.07, 6.45) is 1.56. The lowest BCUT2D eigenvalue weighted by Gasteiger charge is -2.15. The van der Waals surface area contributed by atoms with Crippen molar-refractivity contribution in [1.82, 2.24) is 10.0 Å². The summed E-state index contributed by atoms with van der Waals surface area (Å²) in [6, 6.07) is 1.72. The van der Waals surface area contributed by atoms with Crippen molar-refractivity contribution in [3.63, 3.8) is 0 Å². The van der Waals surface area contributed by atoms with Crippen molar-refractivity contribution in [1.29, 1.82) is 0 Å². The van der Waals surface area contributed by atoms with Crippen LogP contribution in [-0.4, -0.2) is 30.1 Å². The van der Waals surface area contributed by atoms with Crippen molar-refractivity contribution < 1.29 is 9.63 Å². The fourth-order valence-electron chi connectivity index (χ4n) is 1.02. The maximum Gasteiger partial charge on any atom is 0.280 e. The number of carbonyl (C=O) groups is 1. The average Bonchev–Trinajstić information content (AvgIpc) is 2.16. The van der Waals surface area contributed by atoms with Gasteiger partial charge in [-0.1, -0.05) is 11.6 Å². The molecule has 14 heavy (non-hydrogen) atoms. The molecule has 4 nitrogen and oxygen atoms in total. The van der Waals surface area contributed by atoms with E-state index in [2.05, 4.69) is 4.98 Å². The Morgan fingerprint density at radius 3 is 2.79 bits per heavy atom. The molecular formula is C9H11ClN2O2. The third-order valence-corrected chi connectivity index (χ3v) is 2.17. The largest absolute Gasteiger partial charge is 0.280 e. The standard InChI is InChI=1S/C9H11ClN2O2/c1-6-4-5-11-8(10)7(6)9(13)12(2)14-3/h4-5H,1-3H3. The molecule has 0 atom stereocenters. The van der Waals surface area contributed by atoms with Gasteiger partial charge in [-0.15, -0.1) is 0 Å². The highest BCUT2D eigenvalue weighted by molar-refractivity contribution is 6.32. The number of aryl methyl sites for hydroxylation is 1. The summed E-state index contributed by atoms with van der Waals surface area (Å²) in [6.45, 7) is 1.80. The highest BCUT2D eigenvalue weighted by Gasteiger charge is 2.17. The molecule has 1 amide bonds. The molecule has 0 spiro atoms. The van der Waals surface area contributed by atoms with Gasteiger partial charge in [-0.05, 0) is 18.6 Å². The summed E-state index contributed by atoms with van der Waals surface area (Å²) in [7, 11) is 2.93. The van der Waals surface area contributed by atoms with Crippen LogP contribution in [0.4, 0.5) is 0 Å². The molecule has 0 saturated heterocycles. The first-order valence-corrected chi connectivity index (χ1v) is 4.39. The van der Waals surface area contributed by atoms with Crippen LogP contribution in [0.3, 0.4) is 0 Å². The molecule has 0 fully saturated rings. The predicted molar refractivity (Wildman–Crippen MR) is 53.1 cm³/mol. The van der Waals surface area contributed by atoms with E-state index in [4.69, 9.17) is 16.4 Å². The normalized spacial score (nSPS) is 10.0. The highest BCUT2D eigenvalue weighted by Crippen LogP contribution is 2.18. The molecule has 76 valence electrons. The summed E-state index contributed by atoms with van der Waals surface area (Å²) in [4.78, 5) is 20.3. The molecule has 0 aliphatic heterocycles. The van der Waals surface area contributed by atoms with Gasteiger partial charge in [0.1, 0.15) is 5.15 Å². The van der Waals surface area contributed by atoms with Crippen LogP contribution in [0.1, 0.15) is 15.9 Å². The minimum absolute atomic E-state index is 0.193. The number of nitrogens with zero attached hydrogens (tertiary/aromatic N) is 2. The Morgan fingerprint density at radius 1 is 1.64 bits per heavy atom. The van der Waals surface area contributed by atoms with Crippen molar-refractivity contribution in [3.8, 4) is 0 Å². The topological polar surface area (TPSA) is 42.4 Å². The van der Waals surface area contributed by atoms with Gasteiger partial charge in [-0.3, -0.25) is 9.63 Å². The molecule has 0 bridgehead atoms. The minimum Gasteiger partial charge on any atom is -0.274 e. The molecule has 0 aliphatic carbocycles. The number of amides is 1. The molecule has 0 saturated carbocycles. The van der Waals surface area contributed by atoms with Crippen LogP contribution in [0.2, 0.25) is 5.15 Å². The lowest BCUT2D eigenvalue weighted by atomic mass is 10.1. The molecule has 1 rings (SSSR count). The molecule has 1 heterocycles. The molecule has 0 radical (unpaired) electrons. The zero-order valence-corrected chi connectivity index (χ0v) is 9.00. The zero-order valence-electron chi connectivity index (χ0n) is 8.24. The third-order valence-electron chi connectivity index (χ3n) is 1.89. The molecule has 0 aromatic carbocycles. The van der Waals surface area contributed by atoms with Gasteiger partial charge in [0, 0.05) is 13.2 Å². The van der Waals surface area contributed by atoms with E-state index in [9.17, 15) is 4.79 Å². The van der Waals surface area contributed by atoms with Gasteiger partial charge in [-0.2, -0.15) is 0 Å². The molecule has 5 heteroatoms. The fourth-order valence-corrected chi connectivity index (χ4v) is 1.31. The van der Waals surface area contributed by atoms with Crippen molar-refractivity contribution in [2.45, 2.75) is 6.92 Å². The van der Waals surface area contributed by atoms with Gasteiger partial charge in [0.2, 0.25) is 0 Å². The highest BCUT2D eigenvalue weighted by atomic mass is 35.5. The van der Waals surface area contributed by atoms with Crippen LogP contribution >= 0.6 is 11.6 Å². The second-order valence-corrected chi connectivity index (χ2v) is 3.14. The van der Waals surface area contributed by atoms with Crippen molar-refractivity contribution >= 4 is 17.5 Å². The number of hydrogen-bond acceptors (Lipinski definition) is 3. The Hall–Kier alpha value is -1.13. The molecule has 0 aliphatic rings. The first kappa shape index (κ1) is 10.9. The summed E-state index contributed by atoms with van der Waals surface area (Å²) in [5.74, 6) is -0.303. The third kappa shape index (κ3) is 2.02. The van der Waals surface area contributed by atoms with Crippen LogP contribution in [-0.2, 0) is 4.84 Å².